The molecular formula is C14H24NO+. The first-order chi connectivity index (χ1) is 7.30. The number of quaternary nitrogens is 1. The number of rotatable bonds is 4. The predicted molar refractivity (Wildman–Crippen MR) is 68.2 cm³/mol. The third-order valence-corrected chi connectivity index (χ3v) is 3.15. The SMILES string of the molecule is Cc1ccc(COC(C)[N+](C)(C)C)cc1C. The van der Waals surface area contributed by atoms with E-state index in [1.165, 1.54) is 16.7 Å². The van der Waals surface area contributed by atoms with Gasteiger partial charge in [0.1, 0.15) is 0 Å². The first kappa shape index (κ1) is 13.2. The van der Waals surface area contributed by atoms with Gasteiger partial charge in [0.05, 0.1) is 27.7 Å². The van der Waals surface area contributed by atoms with Gasteiger partial charge in [0.25, 0.3) is 0 Å². The average Bonchev–Trinajstić information content (AvgIpc) is 2.18. The van der Waals surface area contributed by atoms with E-state index in [4.69, 9.17) is 4.74 Å². The Morgan fingerprint density at radius 2 is 1.75 bits per heavy atom. The third-order valence-electron chi connectivity index (χ3n) is 3.15. The third kappa shape index (κ3) is 3.62. The van der Waals surface area contributed by atoms with Crippen molar-refractivity contribution in [1.29, 1.82) is 0 Å². The van der Waals surface area contributed by atoms with Gasteiger partial charge in [0.2, 0.25) is 0 Å². The van der Waals surface area contributed by atoms with E-state index in [-0.39, 0.29) is 6.23 Å². The van der Waals surface area contributed by atoms with Crippen molar-refractivity contribution in [2.24, 2.45) is 0 Å². The van der Waals surface area contributed by atoms with Crippen molar-refractivity contribution in [2.45, 2.75) is 33.6 Å². The summed E-state index contributed by atoms with van der Waals surface area (Å²) in [5.74, 6) is 0. The quantitative estimate of drug-likeness (QED) is 0.562. The van der Waals surface area contributed by atoms with Crippen LogP contribution >= 0.6 is 0 Å². The molecule has 0 aliphatic carbocycles. The number of ether oxygens (including phenoxy) is 1. The smallest absolute Gasteiger partial charge is 0.190 e. The van der Waals surface area contributed by atoms with E-state index in [2.05, 4.69) is 60.1 Å². The van der Waals surface area contributed by atoms with Gasteiger partial charge in [-0.05, 0) is 30.5 Å². The highest BCUT2D eigenvalue weighted by atomic mass is 16.5. The molecular weight excluding hydrogens is 198 g/mol. The Balaban J connectivity index is 2.58. The lowest BCUT2D eigenvalue weighted by atomic mass is 10.1. The summed E-state index contributed by atoms with van der Waals surface area (Å²) in [6.07, 6.45) is 0.210. The first-order valence-corrected chi connectivity index (χ1v) is 5.79. The Labute approximate surface area is 99.4 Å². The van der Waals surface area contributed by atoms with Crippen LogP contribution in [0.4, 0.5) is 0 Å². The standard InChI is InChI=1S/C14H24NO/c1-11-7-8-14(9-12(11)2)10-16-13(3)15(4,5)6/h7-9,13H,10H2,1-6H3/q+1. The molecule has 0 N–H and O–H groups in total. The Kier molecular flexibility index (Phi) is 4.11. The molecule has 0 amide bonds. The highest BCUT2D eigenvalue weighted by molar-refractivity contribution is 5.29. The molecule has 0 fully saturated rings. The number of benzene rings is 1. The van der Waals surface area contributed by atoms with Crippen LogP contribution < -0.4 is 0 Å². The molecule has 90 valence electrons. The van der Waals surface area contributed by atoms with Crippen molar-refractivity contribution < 1.29 is 9.22 Å². The van der Waals surface area contributed by atoms with Gasteiger partial charge < -0.3 is 9.22 Å². The zero-order chi connectivity index (χ0) is 12.3. The fraction of sp³-hybridized carbons (Fsp3) is 0.571. The second-order valence-electron chi connectivity index (χ2n) is 5.45. The van der Waals surface area contributed by atoms with Crippen LogP contribution in [0.25, 0.3) is 0 Å². The fourth-order valence-electron chi connectivity index (χ4n) is 1.33. The summed E-state index contributed by atoms with van der Waals surface area (Å²) in [7, 11) is 6.43. The molecule has 0 heterocycles. The highest BCUT2D eigenvalue weighted by Crippen LogP contribution is 2.13. The molecule has 0 saturated carbocycles. The molecule has 16 heavy (non-hydrogen) atoms. The Bertz CT molecular complexity index is 352. The molecule has 2 nitrogen and oxygen atoms in total. The van der Waals surface area contributed by atoms with Crippen LogP contribution in [-0.4, -0.2) is 31.9 Å². The van der Waals surface area contributed by atoms with E-state index in [1.807, 2.05) is 0 Å². The van der Waals surface area contributed by atoms with Crippen molar-refractivity contribution in [3.63, 3.8) is 0 Å². The molecule has 1 aromatic rings. The summed E-state index contributed by atoms with van der Waals surface area (Å²) in [4.78, 5) is 0. The van der Waals surface area contributed by atoms with Crippen LogP contribution in [0.1, 0.15) is 23.6 Å². The summed E-state index contributed by atoms with van der Waals surface area (Å²) < 4.78 is 6.68. The molecule has 1 rings (SSSR count). The lowest BCUT2D eigenvalue weighted by molar-refractivity contribution is -0.918. The van der Waals surface area contributed by atoms with E-state index in [1.54, 1.807) is 0 Å². The van der Waals surface area contributed by atoms with Gasteiger partial charge >= 0.3 is 0 Å². The summed E-state index contributed by atoms with van der Waals surface area (Å²) in [5, 5.41) is 0. The minimum atomic E-state index is 0.210. The molecule has 0 radical (unpaired) electrons. The van der Waals surface area contributed by atoms with E-state index in [0.29, 0.717) is 6.61 Å². The highest BCUT2D eigenvalue weighted by Gasteiger charge is 2.18. The fourth-order valence-corrected chi connectivity index (χ4v) is 1.33. The summed E-state index contributed by atoms with van der Waals surface area (Å²) in [6, 6.07) is 6.51. The summed E-state index contributed by atoms with van der Waals surface area (Å²) in [5.41, 5.74) is 3.92. The molecule has 1 unspecified atom stereocenters. The number of aryl methyl sites for hydroxylation is 2. The van der Waals surface area contributed by atoms with E-state index in [0.717, 1.165) is 4.48 Å². The maximum atomic E-state index is 5.86. The number of nitrogens with zero attached hydrogens (tertiary/aromatic N) is 1. The molecule has 0 spiro atoms. The van der Waals surface area contributed by atoms with Gasteiger partial charge in [-0.2, -0.15) is 0 Å². The van der Waals surface area contributed by atoms with E-state index < -0.39 is 0 Å². The van der Waals surface area contributed by atoms with Crippen molar-refractivity contribution >= 4 is 0 Å². The maximum Gasteiger partial charge on any atom is 0.190 e. The number of hydrogen-bond donors (Lipinski definition) is 0. The van der Waals surface area contributed by atoms with Crippen LogP contribution in [0.3, 0.4) is 0 Å². The summed E-state index contributed by atoms with van der Waals surface area (Å²) >= 11 is 0. The zero-order valence-electron chi connectivity index (χ0n) is 11.4. The molecule has 0 aliphatic heterocycles. The van der Waals surface area contributed by atoms with E-state index >= 15 is 0 Å². The Hall–Kier alpha value is -0.860. The Morgan fingerprint density at radius 3 is 2.25 bits per heavy atom. The molecule has 0 aromatic heterocycles. The molecule has 1 atom stereocenters. The predicted octanol–water partition coefficient (Wildman–Crippen LogP) is 2.87. The first-order valence-electron chi connectivity index (χ1n) is 5.79. The monoisotopic (exact) mass is 222 g/mol. The minimum Gasteiger partial charge on any atom is -0.325 e. The van der Waals surface area contributed by atoms with Crippen LogP contribution in [-0.2, 0) is 11.3 Å². The van der Waals surface area contributed by atoms with Crippen LogP contribution in [0, 0.1) is 13.8 Å². The zero-order valence-corrected chi connectivity index (χ0v) is 11.4. The largest absolute Gasteiger partial charge is 0.325 e. The molecule has 0 bridgehead atoms. The van der Waals surface area contributed by atoms with Gasteiger partial charge in [-0.25, -0.2) is 0 Å². The van der Waals surface area contributed by atoms with Gasteiger partial charge in [0.15, 0.2) is 6.23 Å². The minimum absolute atomic E-state index is 0.210. The second-order valence-corrected chi connectivity index (χ2v) is 5.45. The average molecular weight is 222 g/mol. The van der Waals surface area contributed by atoms with Gasteiger partial charge in [-0.1, -0.05) is 18.2 Å². The lowest BCUT2D eigenvalue weighted by Crippen LogP contribution is -2.44. The van der Waals surface area contributed by atoms with Crippen LogP contribution in [0.5, 0.6) is 0 Å². The molecule has 1 aromatic carbocycles. The Morgan fingerprint density at radius 1 is 1.12 bits per heavy atom. The molecule has 2 heteroatoms. The maximum absolute atomic E-state index is 5.86. The van der Waals surface area contributed by atoms with E-state index in [9.17, 15) is 0 Å². The molecule has 0 aliphatic rings. The van der Waals surface area contributed by atoms with Gasteiger partial charge in [0, 0.05) is 6.92 Å². The van der Waals surface area contributed by atoms with Gasteiger partial charge in [-0.15, -0.1) is 0 Å². The van der Waals surface area contributed by atoms with Crippen molar-refractivity contribution in [3.05, 3.63) is 34.9 Å². The van der Waals surface area contributed by atoms with Crippen LogP contribution in [0.2, 0.25) is 0 Å². The molecule has 0 saturated heterocycles. The van der Waals surface area contributed by atoms with Gasteiger partial charge in [-0.3, -0.25) is 0 Å². The van der Waals surface area contributed by atoms with Crippen molar-refractivity contribution in [3.8, 4) is 0 Å². The van der Waals surface area contributed by atoms with Crippen molar-refractivity contribution in [1.82, 2.24) is 0 Å². The summed E-state index contributed by atoms with van der Waals surface area (Å²) in [6.45, 7) is 7.08. The topological polar surface area (TPSA) is 9.23 Å². The lowest BCUT2D eigenvalue weighted by Gasteiger charge is -2.31. The van der Waals surface area contributed by atoms with Crippen molar-refractivity contribution in [2.75, 3.05) is 21.1 Å². The second kappa shape index (κ2) is 4.98. The normalized spacial score (nSPS) is 13.9. The van der Waals surface area contributed by atoms with Crippen LogP contribution in [0.15, 0.2) is 18.2 Å². The number of hydrogen-bond acceptors (Lipinski definition) is 1.